The molecule has 2 fully saturated rings. The lowest BCUT2D eigenvalue weighted by molar-refractivity contribution is -0.136. The van der Waals surface area contributed by atoms with Gasteiger partial charge in [0.1, 0.15) is 0 Å². The van der Waals surface area contributed by atoms with Gasteiger partial charge in [-0.05, 0) is 25.8 Å². The summed E-state index contributed by atoms with van der Waals surface area (Å²) in [5.74, 6) is 0.307. The molecule has 5 heteroatoms. The summed E-state index contributed by atoms with van der Waals surface area (Å²) < 4.78 is 0. The molecule has 2 aliphatic heterocycles. The van der Waals surface area contributed by atoms with Crippen molar-refractivity contribution in [3.63, 3.8) is 0 Å². The van der Waals surface area contributed by atoms with Gasteiger partial charge in [0.05, 0.1) is 6.04 Å². The molecule has 0 aromatic rings. The molecule has 5 nitrogen and oxygen atoms in total. The molecule has 0 spiro atoms. The molecule has 2 amide bonds. The lowest BCUT2D eigenvalue weighted by Crippen LogP contribution is -2.53. The third kappa shape index (κ3) is 2.97. The van der Waals surface area contributed by atoms with Crippen molar-refractivity contribution in [1.29, 1.82) is 0 Å². The van der Waals surface area contributed by atoms with Crippen molar-refractivity contribution < 1.29 is 9.59 Å². The fourth-order valence-corrected chi connectivity index (χ4v) is 2.64. The summed E-state index contributed by atoms with van der Waals surface area (Å²) in [4.78, 5) is 25.1. The average molecular weight is 239 g/mol. The van der Waals surface area contributed by atoms with E-state index in [0.717, 1.165) is 32.4 Å². The van der Waals surface area contributed by atoms with Gasteiger partial charge in [0.2, 0.25) is 11.8 Å². The molecule has 0 saturated carbocycles. The van der Waals surface area contributed by atoms with E-state index in [1.807, 2.05) is 11.8 Å². The van der Waals surface area contributed by atoms with Crippen LogP contribution in [-0.2, 0) is 9.59 Å². The maximum absolute atomic E-state index is 12.1. The number of likely N-dealkylation sites (tertiary alicyclic amines) is 1. The van der Waals surface area contributed by atoms with Crippen molar-refractivity contribution >= 4 is 11.8 Å². The largest absolute Gasteiger partial charge is 0.352 e. The van der Waals surface area contributed by atoms with Crippen molar-refractivity contribution in [3.05, 3.63) is 0 Å². The fraction of sp³-hybridized carbons (Fsp3) is 0.833. The van der Waals surface area contributed by atoms with Crippen molar-refractivity contribution in [2.45, 2.75) is 44.7 Å². The molecular formula is C12H21N3O2. The Hall–Kier alpha value is -1.10. The molecule has 2 atom stereocenters. The monoisotopic (exact) mass is 239 g/mol. The number of piperidine rings is 1. The molecule has 0 aromatic heterocycles. The van der Waals surface area contributed by atoms with Gasteiger partial charge in [-0.3, -0.25) is 9.59 Å². The molecule has 0 aromatic carbocycles. The van der Waals surface area contributed by atoms with Crippen LogP contribution in [0.4, 0.5) is 0 Å². The van der Waals surface area contributed by atoms with Gasteiger partial charge in [0.15, 0.2) is 0 Å². The zero-order chi connectivity index (χ0) is 12.3. The van der Waals surface area contributed by atoms with E-state index in [-0.39, 0.29) is 23.9 Å². The Bertz CT molecular complexity index is 304. The zero-order valence-corrected chi connectivity index (χ0v) is 10.4. The van der Waals surface area contributed by atoms with E-state index in [9.17, 15) is 9.59 Å². The number of nitrogens with zero attached hydrogens (tertiary/aromatic N) is 1. The van der Waals surface area contributed by atoms with Crippen LogP contribution < -0.4 is 10.6 Å². The normalized spacial score (nSPS) is 29.6. The van der Waals surface area contributed by atoms with Crippen LogP contribution in [0.25, 0.3) is 0 Å². The second-order valence-corrected chi connectivity index (χ2v) is 4.84. The first-order valence-electron chi connectivity index (χ1n) is 6.52. The van der Waals surface area contributed by atoms with Crippen molar-refractivity contribution in [2.24, 2.45) is 0 Å². The summed E-state index contributed by atoms with van der Waals surface area (Å²) in [6.45, 7) is 4.34. The van der Waals surface area contributed by atoms with E-state index in [1.54, 1.807) is 0 Å². The molecular weight excluding hydrogens is 218 g/mol. The van der Waals surface area contributed by atoms with Gasteiger partial charge in [0, 0.05) is 25.6 Å². The molecule has 2 N–H and O–H groups in total. The van der Waals surface area contributed by atoms with Crippen molar-refractivity contribution in [3.8, 4) is 0 Å². The van der Waals surface area contributed by atoms with Crippen LogP contribution in [0.5, 0.6) is 0 Å². The minimum Gasteiger partial charge on any atom is -0.352 e. The Morgan fingerprint density at radius 3 is 2.88 bits per heavy atom. The summed E-state index contributed by atoms with van der Waals surface area (Å²) in [7, 11) is 0. The van der Waals surface area contributed by atoms with Gasteiger partial charge in [-0.2, -0.15) is 0 Å². The second kappa shape index (κ2) is 5.49. The molecule has 17 heavy (non-hydrogen) atoms. The first-order valence-corrected chi connectivity index (χ1v) is 6.52. The van der Waals surface area contributed by atoms with Crippen LogP contribution in [0.1, 0.15) is 32.6 Å². The van der Waals surface area contributed by atoms with E-state index in [0.29, 0.717) is 13.0 Å². The minimum atomic E-state index is -0.0224. The predicted molar refractivity (Wildman–Crippen MR) is 64.4 cm³/mol. The Morgan fingerprint density at radius 1 is 1.41 bits per heavy atom. The summed E-state index contributed by atoms with van der Waals surface area (Å²) >= 11 is 0. The van der Waals surface area contributed by atoms with E-state index in [2.05, 4.69) is 10.6 Å². The van der Waals surface area contributed by atoms with Gasteiger partial charge >= 0.3 is 0 Å². The van der Waals surface area contributed by atoms with E-state index < -0.39 is 0 Å². The lowest BCUT2D eigenvalue weighted by atomic mass is 10.0. The molecule has 0 aliphatic carbocycles. The number of carbonyl (C=O) groups excluding carboxylic acids is 2. The van der Waals surface area contributed by atoms with Crippen LogP contribution in [0.15, 0.2) is 0 Å². The highest BCUT2D eigenvalue weighted by Gasteiger charge is 2.31. The minimum absolute atomic E-state index is 0.0224. The SMILES string of the molecule is CCNC1CCCN(CC2CCC(=O)N2)C1=O. The van der Waals surface area contributed by atoms with Crippen LogP contribution in [0.2, 0.25) is 0 Å². The third-order valence-electron chi connectivity index (χ3n) is 3.51. The van der Waals surface area contributed by atoms with Crippen molar-refractivity contribution in [2.75, 3.05) is 19.6 Å². The first kappa shape index (κ1) is 12.4. The number of likely N-dealkylation sites (N-methyl/N-ethyl adjacent to an activating group) is 1. The summed E-state index contributed by atoms with van der Waals surface area (Å²) in [5, 5.41) is 6.13. The smallest absolute Gasteiger partial charge is 0.239 e. The van der Waals surface area contributed by atoms with Crippen LogP contribution in [-0.4, -0.2) is 48.4 Å². The number of hydrogen-bond donors (Lipinski definition) is 2. The Kier molecular flexibility index (Phi) is 3.99. The van der Waals surface area contributed by atoms with Gasteiger partial charge < -0.3 is 15.5 Å². The molecule has 2 unspecified atom stereocenters. The zero-order valence-electron chi connectivity index (χ0n) is 10.4. The highest BCUT2D eigenvalue weighted by molar-refractivity contribution is 5.83. The third-order valence-corrected chi connectivity index (χ3v) is 3.51. The fourth-order valence-electron chi connectivity index (χ4n) is 2.64. The Morgan fingerprint density at radius 2 is 2.24 bits per heavy atom. The highest BCUT2D eigenvalue weighted by atomic mass is 16.2. The van der Waals surface area contributed by atoms with Gasteiger partial charge in [0.25, 0.3) is 0 Å². The molecule has 2 aliphatic rings. The number of amides is 2. The van der Waals surface area contributed by atoms with Gasteiger partial charge in [-0.15, -0.1) is 0 Å². The molecule has 0 radical (unpaired) electrons. The lowest BCUT2D eigenvalue weighted by Gasteiger charge is -2.34. The predicted octanol–water partition coefficient (Wildman–Crippen LogP) is -0.134. The number of hydrogen-bond acceptors (Lipinski definition) is 3. The topological polar surface area (TPSA) is 61.4 Å². The molecule has 96 valence electrons. The quantitative estimate of drug-likeness (QED) is 0.718. The molecule has 2 saturated heterocycles. The van der Waals surface area contributed by atoms with E-state index >= 15 is 0 Å². The van der Waals surface area contributed by atoms with Gasteiger partial charge in [-0.25, -0.2) is 0 Å². The standard InChI is InChI=1S/C12H21N3O2/c1-2-13-10-4-3-7-15(12(10)17)8-9-5-6-11(16)14-9/h9-10,13H,2-8H2,1H3,(H,14,16). The molecule has 2 heterocycles. The van der Waals surface area contributed by atoms with E-state index in [1.165, 1.54) is 0 Å². The molecule has 0 bridgehead atoms. The van der Waals surface area contributed by atoms with Crippen LogP contribution in [0, 0.1) is 0 Å². The average Bonchev–Trinajstić information content (AvgIpc) is 2.70. The highest BCUT2D eigenvalue weighted by Crippen LogP contribution is 2.15. The Labute approximate surface area is 102 Å². The van der Waals surface area contributed by atoms with E-state index in [4.69, 9.17) is 0 Å². The van der Waals surface area contributed by atoms with Crippen LogP contribution >= 0.6 is 0 Å². The maximum atomic E-state index is 12.1. The Balaban J connectivity index is 1.87. The number of rotatable bonds is 4. The summed E-state index contributed by atoms with van der Waals surface area (Å²) in [5.41, 5.74) is 0. The number of carbonyl (C=O) groups is 2. The maximum Gasteiger partial charge on any atom is 0.239 e. The summed E-state index contributed by atoms with van der Waals surface area (Å²) in [6.07, 6.45) is 3.43. The first-order chi connectivity index (χ1) is 8.20. The van der Waals surface area contributed by atoms with Crippen molar-refractivity contribution in [1.82, 2.24) is 15.5 Å². The number of nitrogens with one attached hydrogen (secondary N) is 2. The second-order valence-electron chi connectivity index (χ2n) is 4.84. The molecule has 2 rings (SSSR count). The summed E-state index contributed by atoms with van der Waals surface area (Å²) in [6, 6.07) is 0.137. The van der Waals surface area contributed by atoms with Gasteiger partial charge in [-0.1, -0.05) is 6.92 Å². The van der Waals surface area contributed by atoms with Crippen LogP contribution in [0.3, 0.4) is 0 Å².